The van der Waals surface area contributed by atoms with Crippen molar-refractivity contribution in [3.05, 3.63) is 29.8 Å². The lowest BCUT2D eigenvalue weighted by Gasteiger charge is -2.09. The van der Waals surface area contributed by atoms with Crippen LogP contribution in [0.3, 0.4) is 0 Å². The van der Waals surface area contributed by atoms with Gasteiger partial charge in [-0.05, 0) is 18.6 Å². The SMILES string of the molecule is CCCCCCCC#Cc1ccccc1OC(F)(F)F. The van der Waals surface area contributed by atoms with Gasteiger partial charge in [-0.1, -0.05) is 56.6 Å². The average molecular weight is 284 g/mol. The first-order valence-electron chi connectivity index (χ1n) is 6.86. The maximum atomic E-state index is 12.2. The first-order valence-corrected chi connectivity index (χ1v) is 6.86. The predicted molar refractivity (Wildman–Crippen MR) is 73.4 cm³/mol. The molecule has 0 saturated heterocycles. The molecule has 0 fully saturated rings. The summed E-state index contributed by atoms with van der Waals surface area (Å²) in [6.45, 7) is 2.15. The van der Waals surface area contributed by atoms with E-state index in [0.717, 1.165) is 12.8 Å². The van der Waals surface area contributed by atoms with E-state index in [1.807, 2.05) is 0 Å². The Morgan fingerprint density at radius 3 is 2.45 bits per heavy atom. The molecule has 1 rings (SSSR count). The van der Waals surface area contributed by atoms with E-state index in [1.54, 1.807) is 6.07 Å². The summed E-state index contributed by atoms with van der Waals surface area (Å²) in [6.07, 6.45) is 1.70. The summed E-state index contributed by atoms with van der Waals surface area (Å²) in [7, 11) is 0. The van der Waals surface area contributed by atoms with E-state index >= 15 is 0 Å². The van der Waals surface area contributed by atoms with Gasteiger partial charge in [0, 0.05) is 6.42 Å². The van der Waals surface area contributed by atoms with Crippen LogP contribution in [0, 0.1) is 11.8 Å². The molecule has 1 aromatic rings. The Kier molecular flexibility index (Phi) is 7.00. The first-order chi connectivity index (χ1) is 9.53. The van der Waals surface area contributed by atoms with E-state index in [4.69, 9.17) is 0 Å². The molecular weight excluding hydrogens is 265 g/mol. The maximum Gasteiger partial charge on any atom is 0.573 e. The largest absolute Gasteiger partial charge is 0.573 e. The van der Waals surface area contributed by atoms with Crippen molar-refractivity contribution < 1.29 is 17.9 Å². The molecule has 110 valence electrons. The molecule has 0 aliphatic carbocycles. The zero-order valence-electron chi connectivity index (χ0n) is 11.6. The highest BCUT2D eigenvalue weighted by molar-refractivity contribution is 5.45. The zero-order valence-corrected chi connectivity index (χ0v) is 11.6. The predicted octanol–water partition coefficient (Wildman–Crippen LogP) is 5.30. The summed E-state index contributed by atoms with van der Waals surface area (Å²) < 4.78 is 40.6. The molecule has 0 aliphatic rings. The van der Waals surface area contributed by atoms with Gasteiger partial charge in [0.15, 0.2) is 0 Å². The second kappa shape index (κ2) is 8.52. The molecule has 4 heteroatoms. The summed E-state index contributed by atoms with van der Waals surface area (Å²) in [5.74, 6) is 5.42. The Labute approximate surface area is 118 Å². The minimum Gasteiger partial charge on any atom is -0.404 e. The Hall–Kier alpha value is -1.63. The number of rotatable bonds is 6. The van der Waals surface area contributed by atoms with Crippen molar-refractivity contribution >= 4 is 0 Å². The van der Waals surface area contributed by atoms with E-state index in [-0.39, 0.29) is 11.3 Å². The van der Waals surface area contributed by atoms with Crippen LogP contribution in [-0.4, -0.2) is 6.36 Å². The molecule has 0 N–H and O–H groups in total. The van der Waals surface area contributed by atoms with Crippen LogP contribution in [0.4, 0.5) is 13.2 Å². The van der Waals surface area contributed by atoms with Crippen LogP contribution in [0.15, 0.2) is 24.3 Å². The molecule has 0 spiro atoms. The van der Waals surface area contributed by atoms with Gasteiger partial charge in [-0.15, -0.1) is 13.2 Å². The number of benzene rings is 1. The van der Waals surface area contributed by atoms with Crippen molar-refractivity contribution in [2.75, 3.05) is 0 Å². The zero-order chi connectivity index (χ0) is 14.8. The molecule has 0 amide bonds. The highest BCUT2D eigenvalue weighted by Gasteiger charge is 2.31. The standard InChI is InChI=1S/C16H19F3O/c1-2-3-4-5-6-7-8-11-14-12-9-10-13-15(14)20-16(17,18)19/h9-10,12-13H,2-7H2,1H3. The Bertz CT molecular complexity index is 455. The van der Waals surface area contributed by atoms with Crippen molar-refractivity contribution in [2.24, 2.45) is 0 Å². The quantitative estimate of drug-likeness (QED) is 0.509. The molecular formula is C16H19F3O. The fourth-order valence-corrected chi connectivity index (χ4v) is 1.76. The summed E-state index contributed by atoms with van der Waals surface area (Å²) >= 11 is 0. The summed E-state index contributed by atoms with van der Waals surface area (Å²) in [5.41, 5.74) is 0.276. The summed E-state index contributed by atoms with van der Waals surface area (Å²) in [5, 5.41) is 0. The maximum absolute atomic E-state index is 12.2. The lowest BCUT2D eigenvalue weighted by atomic mass is 10.1. The Morgan fingerprint density at radius 2 is 1.75 bits per heavy atom. The second-order valence-electron chi connectivity index (χ2n) is 4.51. The third-order valence-electron chi connectivity index (χ3n) is 2.74. The summed E-state index contributed by atoms with van der Waals surface area (Å²) in [6, 6.07) is 5.95. The van der Waals surface area contributed by atoms with Gasteiger partial charge in [-0.2, -0.15) is 0 Å². The molecule has 0 radical (unpaired) electrons. The normalized spacial score (nSPS) is 10.8. The van der Waals surface area contributed by atoms with Crippen molar-refractivity contribution in [2.45, 2.75) is 51.8 Å². The number of para-hydroxylation sites is 1. The van der Waals surface area contributed by atoms with Crippen LogP contribution in [0.5, 0.6) is 5.75 Å². The average Bonchev–Trinajstić information content (AvgIpc) is 2.38. The number of alkyl halides is 3. The van der Waals surface area contributed by atoms with Gasteiger partial charge in [-0.25, -0.2) is 0 Å². The highest BCUT2D eigenvalue weighted by Crippen LogP contribution is 2.25. The molecule has 1 aromatic carbocycles. The van der Waals surface area contributed by atoms with Crippen molar-refractivity contribution in [1.82, 2.24) is 0 Å². The molecule has 0 atom stereocenters. The third kappa shape index (κ3) is 7.08. The molecule has 0 aliphatic heterocycles. The third-order valence-corrected chi connectivity index (χ3v) is 2.74. The van der Waals surface area contributed by atoms with Gasteiger partial charge < -0.3 is 4.74 Å². The minimum atomic E-state index is -4.68. The van der Waals surface area contributed by atoms with Crippen molar-refractivity contribution in [3.63, 3.8) is 0 Å². The molecule has 0 unspecified atom stereocenters. The van der Waals surface area contributed by atoms with Crippen LogP contribution in [0.1, 0.15) is 51.0 Å². The molecule has 0 aromatic heterocycles. The number of halogens is 3. The molecule has 1 nitrogen and oxygen atoms in total. The lowest BCUT2D eigenvalue weighted by molar-refractivity contribution is -0.274. The summed E-state index contributed by atoms with van der Waals surface area (Å²) in [4.78, 5) is 0. The number of ether oxygens (including phenoxy) is 1. The van der Waals surface area contributed by atoms with Gasteiger partial charge in [0.2, 0.25) is 0 Å². The van der Waals surface area contributed by atoms with Crippen LogP contribution < -0.4 is 4.74 Å². The lowest BCUT2D eigenvalue weighted by Crippen LogP contribution is -2.17. The van der Waals surface area contributed by atoms with Gasteiger partial charge in [0.05, 0.1) is 5.56 Å². The van der Waals surface area contributed by atoms with Gasteiger partial charge >= 0.3 is 6.36 Å². The van der Waals surface area contributed by atoms with Gasteiger partial charge in [0.1, 0.15) is 5.75 Å². The second-order valence-corrected chi connectivity index (χ2v) is 4.51. The van der Waals surface area contributed by atoms with Gasteiger partial charge in [0.25, 0.3) is 0 Å². The Morgan fingerprint density at radius 1 is 1.05 bits per heavy atom. The molecule has 0 heterocycles. The van der Waals surface area contributed by atoms with Crippen molar-refractivity contribution in [1.29, 1.82) is 0 Å². The number of hydrogen-bond donors (Lipinski definition) is 0. The van der Waals surface area contributed by atoms with E-state index in [1.165, 1.54) is 37.5 Å². The monoisotopic (exact) mass is 284 g/mol. The topological polar surface area (TPSA) is 9.23 Å². The molecule has 0 saturated carbocycles. The first kappa shape index (κ1) is 16.4. The molecule has 20 heavy (non-hydrogen) atoms. The van der Waals surface area contributed by atoms with E-state index < -0.39 is 6.36 Å². The number of hydrogen-bond acceptors (Lipinski definition) is 1. The van der Waals surface area contributed by atoms with Gasteiger partial charge in [-0.3, -0.25) is 0 Å². The fraction of sp³-hybridized carbons (Fsp3) is 0.500. The minimum absolute atomic E-state index is 0.238. The fourth-order valence-electron chi connectivity index (χ4n) is 1.76. The van der Waals surface area contributed by atoms with E-state index in [9.17, 15) is 13.2 Å². The Balaban J connectivity index is 2.51. The van der Waals surface area contributed by atoms with Crippen molar-refractivity contribution in [3.8, 4) is 17.6 Å². The number of unbranched alkanes of at least 4 members (excludes halogenated alkanes) is 5. The molecule has 0 bridgehead atoms. The van der Waals surface area contributed by atoms with Crippen LogP contribution >= 0.6 is 0 Å². The van der Waals surface area contributed by atoms with Crippen LogP contribution in [-0.2, 0) is 0 Å². The smallest absolute Gasteiger partial charge is 0.404 e. The van der Waals surface area contributed by atoms with Crippen LogP contribution in [0.2, 0.25) is 0 Å². The van der Waals surface area contributed by atoms with Crippen LogP contribution in [0.25, 0.3) is 0 Å². The van der Waals surface area contributed by atoms with E-state index in [0.29, 0.717) is 6.42 Å². The van der Waals surface area contributed by atoms with E-state index in [2.05, 4.69) is 23.5 Å². The highest BCUT2D eigenvalue weighted by atomic mass is 19.4.